The third-order valence-electron chi connectivity index (χ3n) is 5.66. The van der Waals surface area contributed by atoms with Crippen molar-refractivity contribution in [2.45, 2.75) is 25.9 Å². The standard InChI is InChI=1S/C24H30N4O3/c1-18(17-19-7-4-3-5-8-19)25-24(29)22-20-9-6-10-21(30-2)23(20)28(26-22)12-11-27-13-15-31-16-14-27/h3-10,18H,11-17H2,1-2H3,(H,25,29). The quantitative estimate of drug-likeness (QED) is 0.605. The van der Waals surface area contributed by atoms with E-state index in [1.165, 1.54) is 5.56 Å². The zero-order chi connectivity index (χ0) is 21.6. The first-order chi connectivity index (χ1) is 15.2. The first kappa shape index (κ1) is 21.3. The summed E-state index contributed by atoms with van der Waals surface area (Å²) in [7, 11) is 1.65. The molecular weight excluding hydrogens is 392 g/mol. The number of hydrogen-bond donors (Lipinski definition) is 1. The van der Waals surface area contributed by atoms with E-state index in [9.17, 15) is 4.79 Å². The number of para-hydroxylation sites is 1. The van der Waals surface area contributed by atoms with Crippen LogP contribution in [0.1, 0.15) is 23.0 Å². The van der Waals surface area contributed by atoms with Gasteiger partial charge in [0.25, 0.3) is 5.91 Å². The van der Waals surface area contributed by atoms with Gasteiger partial charge in [-0.05, 0) is 25.0 Å². The van der Waals surface area contributed by atoms with Crippen molar-refractivity contribution in [3.63, 3.8) is 0 Å². The van der Waals surface area contributed by atoms with Crippen LogP contribution in [0.2, 0.25) is 0 Å². The molecule has 1 atom stereocenters. The summed E-state index contributed by atoms with van der Waals surface area (Å²) in [5.74, 6) is 0.565. The molecule has 2 heterocycles. The number of rotatable bonds is 8. The summed E-state index contributed by atoms with van der Waals surface area (Å²) in [4.78, 5) is 15.5. The fourth-order valence-corrected chi connectivity index (χ4v) is 4.07. The van der Waals surface area contributed by atoms with E-state index in [0.29, 0.717) is 12.2 Å². The average Bonchev–Trinajstić information content (AvgIpc) is 3.18. The number of aromatic nitrogens is 2. The molecule has 1 fully saturated rings. The van der Waals surface area contributed by atoms with E-state index in [1.807, 2.05) is 48.0 Å². The van der Waals surface area contributed by atoms with E-state index in [2.05, 4.69) is 22.3 Å². The van der Waals surface area contributed by atoms with Crippen molar-refractivity contribution < 1.29 is 14.3 Å². The first-order valence-corrected chi connectivity index (χ1v) is 10.8. The van der Waals surface area contributed by atoms with Gasteiger partial charge in [0.2, 0.25) is 0 Å². The fourth-order valence-electron chi connectivity index (χ4n) is 4.07. The SMILES string of the molecule is COc1cccc2c(C(=O)NC(C)Cc3ccccc3)nn(CCN3CCOCC3)c12. The number of nitrogens with one attached hydrogen (secondary N) is 1. The number of fused-ring (bicyclic) bond motifs is 1. The van der Waals surface area contributed by atoms with E-state index >= 15 is 0 Å². The molecule has 4 rings (SSSR count). The highest BCUT2D eigenvalue weighted by atomic mass is 16.5. The van der Waals surface area contributed by atoms with Crippen LogP contribution >= 0.6 is 0 Å². The van der Waals surface area contributed by atoms with Gasteiger partial charge < -0.3 is 14.8 Å². The Labute approximate surface area is 182 Å². The Hall–Kier alpha value is -2.90. The van der Waals surface area contributed by atoms with Crippen LogP contribution < -0.4 is 10.1 Å². The van der Waals surface area contributed by atoms with Crippen LogP contribution in [0.25, 0.3) is 10.9 Å². The van der Waals surface area contributed by atoms with Gasteiger partial charge in [0.15, 0.2) is 5.69 Å². The number of nitrogens with zero attached hydrogens (tertiary/aromatic N) is 3. The monoisotopic (exact) mass is 422 g/mol. The second-order valence-electron chi connectivity index (χ2n) is 7.95. The van der Waals surface area contributed by atoms with Gasteiger partial charge in [-0.15, -0.1) is 0 Å². The van der Waals surface area contributed by atoms with E-state index < -0.39 is 0 Å². The Bertz CT molecular complexity index is 1010. The number of methoxy groups -OCH3 is 1. The zero-order valence-corrected chi connectivity index (χ0v) is 18.2. The van der Waals surface area contributed by atoms with Crippen molar-refractivity contribution in [1.29, 1.82) is 0 Å². The lowest BCUT2D eigenvalue weighted by molar-refractivity contribution is 0.0361. The predicted molar refractivity (Wildman–Crippen MR) is 121 cm³/mol. The van der Waals surface area contributed by atoms with E-state index in [0.717, 1.165) is 55.9 Å². The normalized spacial score (nSPS) is 15.7. The average molecular weight is 423 g/mol. The molecule has 0 aliphatic carbocycles. The van der Waals surface area contributed by atoms with Crippen molar-refractivity contribution in [2.75, 3.05) is 40.0 Å². The van der Waals surface area contributed by atoms with Crippen molar-refractivity contribution in [1.82, 2.24) is 20.0 Å². The molecule has 0 bridgehead atoms. The van der Waals surface area contributed by atoms with Crippen molar-refractivity contribution >= 4 is 16.8 Å². The number of carbonyl (C=O) groups is 1. The lowest BCUT2D eigenvalue weighted by Crippen LogP contribution is -2.38. The summed E-state index contributed by atoms with van der Waals surface area (Å²) in [6, 6.07) is 15.9. The van der Waals surface area contributed by atoms with Gasteiger partial charge in [-0.3, -0.25) is 14.4 Å². The van der Waals surface area contributed by atoms with Gasteiger partial charge >= 0.3 is 0 Å². The molecule has 7 nitrogen and oxygen atoms in total. The summed E-state index contributed by atoms with van der Waals surface area (Å²) in [5, 5.41) is 8.63. The Morgan fingerprint density at radius 1 is 1.13 bits per heavy atom. The van der Waals surface area contributed by atoms with Gasteiger partial charge in [0.1, 0.15) is 11.3 Å². The molecular formula is C24H30N4O3. The van der Waals surface area contributed by atoms with Crippen LogP contribution in [0.15, 0.2) is 48.5 Å². The summed E-state index contributed by atoms with van der Waals surface area (Å²) >= 11 is 0. The Morgan fingerprint density at radius 3 is 2.65 bits per heavy atom. The highest BCUT2D eigenvalue weighted by Gasteiger charge is 2.22. The Morgan fingerprint density at radius 2 is 1.90 bits per heavy atom. The van der Waals surface area contributed by atoms with Gasteiger partial charge in [0.05, 0.1) is 26.9 Å². The Balaban J connectivity index is 1.54. The number of amides is 1. The molecule has 1 saturated heterocycles. The second kappa shape index (κ2) is 9.94. The lowest BCUT2D eigenvalue weighted by atomic mass is 10.1. The number of hydrogen-bond acceptors (Lipinski definition) is 5. The van der Waals surface area contributed by atoms with Crippen molar-refractivity contribution in [3.8, 4) is 5.75 Å². The van der Waals surface area contributed by atoms with Gasteiger partial charge in [-0.1, -0.05) is 42.5 Å². The molecule has 3 aromatic rings. The summed E-state index contributed by atoms with van der Waals surface area (Å²) in [5.41, 5.74) is 2.49. The third-order valence-corrected chi connectivity index (χ3v) is 5.66. The van der Waals surface area contributed by atoms with Crippen molar-refractivity contribution in [2.24, 2.45) is 0 Å². The Kier molecular flexibility index (Phi) is 6.84. The number of morpholine rings is 1. The number of benzene rings is 2. The van der Waals surface area contributed by atoms with Gasteiger partial charge in [-0.25, -0.2) is 0 Å². The van der Waals surface area contributed by atoms with Crippen LogP contribution in [-0.4, -0.2) is 66.6 Å². The second-order valence-corrected chi connectivity index (χ2v) is 7.95. The van der Waals surface area contributed by atoms with Crippen LogP contribution in [0.4, 0.5) is 0 Å². The lowest BCUT2D eigenvalue weighted by Gasteiger charge is -2.26. The molecule has 0 saturated carbocycles. The maximum absolute atomic E-state index is 13.1. The largest absolute Gasteiger partial charge is 0.494 e. The number of carbonyl (C=O) groups excluding carboxylic acids is 1. The van der Waals surface area contributed by atoms with E-state index in [-0.39, 0.29) is 11.9 Å². The minimum absolute atomic E-state index is 0.00550. The van der Waals surface area contributed by atoms with Crippen LogP contribution in [-0.2, 0) is 17.7 Å². The minimum Gasteiger partial charge on any atom is -0.494 e. The molecule has 0 spiro atoms. The number of ether oxygens (including phenoxy) is 2. The fraction of sp³-hybridized carbons (Fsp3) is 0.417. The molecule has 1 unspecified atom stereocenters. The summed E-state index contributed by atoms with van der Waals surface area (Å²) in [6.07, 6.45) is 0.769. The summed E-state index contributed by atoms with van der Waals surface area (Å²) in [6.45, 7) is 6.91. The van der Waals surface area contributed by atoms with Crippen molar-refractivity contribution in [3.05, 3.63) is 59.8 Å². The molecule has 7 heteroatoms. The molecule has 1 aliphatic heterocycles. The van der Waals surface area contributed by atoms with Gasteiger partial charge in [0, 0.05) is 31.1 Å². The zero-order valence-electron chi connectivity index (χ0n) is 18.2. The van der Waals surface area contributed by atoms with E-state index in [1.54, 1.807) is 7.11 Å². The topological polar surface area (TPSA) is 68.6 Å². The summed E-state index contributed by atoms with van der Waals surface area (Å²) < 4.78 is 12.9. The molecule has 2 aromatic carbocycles. The highest BCUT2D eigenvalue weighted by Crippen LogP contribution is 2.28. The third kappa shape index (κ3) is 5.06. The molecule has 0 radical (unpaired) electrons. The van der Waals surface area contributed by atoms with Gasteiger partial charge in [-0.2, -0.15) is 5.10 Å². The smallest absolute Gasteiger partial charge is 0.272 e. The molecule has 1 aliphatic rings. The molecule has 1 aromatic heterocycles. The molecule has 31 heavy (non-hydrogen) atoms. The van der Waals surface area contributed by atoms with Crippen LogP contribution in [0.5, 0.6) is 5.75 Å². The first-order valence-electron chi connectivity index (χ1n) is 10.8. The highest BCUT2D eigenvalue weighted by molar-refractivity contribution is 6.06. The molecule has 164 valence electrons. The van der Waals surface area contributed by atoms with Crippen LogP contribution in [0, 0.1) is 0 Å². The predicted octanol–water partition coefficient (Wildman–Crippen LogP) is 2.74. The molecule has 1 N–H and O–H groups in total. The molecule has 1 amide bonds. The minimum atomic E-state index is -0.160. The van der Waals surface area contributed by atoms with Crippen LogP contribution in [0.3, 0.4) is 0 Å². The van der Waals surface area contributed by atoms with E-state index in [4.69, 9.17) is 14.6 Å². The maximum Gasteiger partial charge on any atom is 0.272 e. The maximum atomic E-state index is 13.1.